The number of aromatic nitrogens is 1. The van der Waals surface area contributed by atoms with Crippen molar-refractivity contribution >= 4 is 24.0 Å². The third-order valence-electron chi connectivity index (χ3n) is 4.37. The number of carbonyl (C=O) groups is 1. The van der Waals surface area contributed by atoms with Gasteiger partial charge < -0.3 is 10.6 Å². The molecule has 0 saturated carbocycles. The highest BCUT2D eigenvalue weighted by Crippen LogP contribution is 2.30. The van der Waals surface area contributed by atoms with E-state index in [0.717, 1.165) is 42.9 Å². The molecule has 2 N–H and O–H groups in total. The number of nitrogens with zero attached hydrogens (tertiary/aromatic N) is 1. The molecule has 1 unspecified atom stereocenters. The number of anilines is 1. The Morgan fingerprint density at radius 3 is 2.69 bits per heavy atom. The van der Waals surface area contributed by atoms with Gasteiger partial charge in [-0.3, -0.25) is 9.78 Å². The maximum atomic E-state index is 12.7. The summed E-state index contributed by atoms with van der Waals surface area (Å²) in [5.41, 5.74) is 1.74. The molecule has 8 heteroatoms. The fourth-order valence-corrected chi connectivity index (χ4v) is 3.01. The Morgan fingerprint density at radius 2 is 2.04 bits per heavy atom. The minimum Gasteiger partial charge on any atom is -0.321 e. The normalized spacial score (nSPS) is 16.8. The molecular weight excluding hydrogens is 367 g/mol. The lowest BCUT2D eigenvalue weighted by molar-refractivity contribution is -0.137. The lowest BCUT2D eigenvalue weighted by Crippen LogP contribution is -2.15. The molecule has 2 aromatic rings. The number of nitrogens with one attached hydrogen (secondary N) is 2. The van der Waals surface area contributed by atoms with E-state index in [2.05, 4.69) is 15.6 Å². The standard InChI is InChI=1S/C18H18F3N3O.ClH/c1-11-2-3-12(6-16(11)13-4-5-22-8-13)17(25)24-15-7-14(9-23-10-15)18(19,20)21;/h2-3,6-7,9-10,13,22H,4-5,8H2,1H3,(H,24,25);1H. The number of pyridine rings is 1. The summed E-state index contributed by atoms with van der Waals surface area (Å²) in [5.74, 6) is -0.101. The fourth-order valence-electron chi connectivity index (χ4n) is 3.01. The molecule has 0 aliphatic carbocycles. The lowest BCUT2D eigenvalue weighted by atomic mass is 9.92. The molecule has 0 bridgehead atoms. The second kappa shape index (κ2) is 8.05. The monoisotopic (exact) mass is 385 g/mol. The Morgan fingerprint density at radius 1 is 1.27 bits per heavy atom. The predicted octanol–water partition coefficient (Wildman–Crippen LogP) is 4.16. The van der Waals surface area contributed by atoms with Crippen molar-refractivity contribution in [1.29, 1.82) is 0 Å². The minimum absolute atomic E-state index is 0. The summed E-state index contributed by atoms with van der Waals surface area (Å²) in [6.45, 7) is 3.80. The number of halogens is 4. The van der Waals surface area contributed by atoms with Crippen molar-refractivity contribution in [3.8, 4) is 0 Å². The fraction of sp³-hybridized carbons (Fsp3) is 0.333. The van der Waals surface area contributed by atoms with Gasteiger partial charge in [-0.2, -0.15) is 13.2 Å². The highest BCUT2D eigenvalue weighted by molar-refractivity contribution is 6.04. The van der Waals surface area contributed by atoms with Crippen LogP contribution in [0.1, 0.15) is 39.4 Å². The van der Waals surface area contributed by atoms with Gasteiger partial charge >= 0.3 is 6.18 Å². The minimum atomic E-state index is -4.50. The Labute approximate surface area is 155 Å². The van der Waals surface area contributed by atoms with Crippen LogP contribution in [0.3, 0.4) is 0 Å². The molecule has 1 aromatic carbocycles. The Bertz CT molecular complexity index is 789. The molecular formula is C18H19ClF3N3O. The van der Waals surface area contributed by atoms with E-state index in [-0.39, 0.29) is 18.1 Å². The lowest BCUT2D eigenvalue weighted by Gasteiger charge is -2.14. The van der Waals surface area contributed by atoms with Crippen molar-refractivity contribution in [1.82, 2.24) is 10.3 Å². The van der Waals surface area contributed by atoms with Gasteiger partial charge in [-0.05, 0) is 55.1 Å². The third kappa shape index (κ3) is 4.53. The molecule has 3 rings (SSSR count). The first-order valence-electron chi connectivity index (χ1n) is 7.99. The Hall–Kier alpha value is -2.12. The summed E-state index contributed by atoms with van der Waals surface area (Å²) in [6, 6.07) is 6.24. The summed E-state index contributed by atoms with van der Waals surface area (Å²) < 4.78 is 38.2. The summed E-state index contributed by atoms with van der Waals surface area (Å²) in [4.78, 5) is 16.0. The maximum Gasteiger partial charge on any atom is 0.417 e. The molecule has 26 heavy (non-hydrogen) atoms. The van der Waals surface area contributed by atoms with Crippen molar-refractivity contribution in [3.05, 3.63) is 58.9 Å². The van der Waals surface area contributed by atoms with Crippen LogP contribution in [-0.2, 0) is 6.18 Å². The van der Waals surface area contributed by atoms with Crippen LogP contribution in [0.25, 0.3) is 0 Å². The molecule has 140 valence electrons. The molecule has 1 atom stereocenters. The second-order valence-electron chi connectivity index (χ2n) is 6.18. The molecule has 1 fully saturated rings. The summed E-state index contributed by atoms with van der Waals surface area (Å²) in [6.07, 6.45) is -1.57. The van der Waals surface area contributed by atoms with Gasteiger partial charge in [0.1, 0.15) is 0 Å². The van der Waals surface area contributed by atoms with E-state index in [1.807, 2.05) is 19.1 Å². The number of alkyl halides is 3. The molecule has 2 heterocycles. The number of hydrogen-bond donors (Lipinski definition) is 2. The SMILES string of the molecule is Cc1ccc(C(=O)Nc2cncc(C(F)(F)F)c2)cc1C1CCNC1.Cl. The average Bonchev–Trinajstić information content (AvgIpc) is 3.09. The zero-order valence-corrected chi connectivity index (χ0v) is 14.9. The third-order valence-corrected chi connectivity index (χ3v) is 4.37. The topological polar surface area (TPSA) is 54.0 Å². The van der Waals surface area contributed by atoms with Crippen LogP contribution in [0, 0.1) is 6.92 Å². The smallest absolute Gasteiger partial charge is 0.321 e. The number of benzene rings is 1. The van der Waals surface area contributed by atoms with Crippen LogP contribution in [-0.4, -0.2) is 24.0 Å². The number of aryl methyl sites for hydroxylation is 1. The van der Waals surface area contributed by atoms with Crippen molar-refractivity contribution in [2.75, 3.05) is 18.4 Å². The van der Waals surface area contributed by atoms with E-state index < -0.39 is 17.6 Å². The number of rotatable bonds is 3. The number of amides is 1. The Kier molecular flexibility index (Phi) is 6.26. The van der Waals surface area contributed by atoms with E-state index in [1.165, 1.54) is 6.20 Å². The van der Waals surface area contributed by atoms with Gasteiger partial charge in [0, 0.05) is 18.3 Å². The van der Waals surface area contributed by atoms with Gasteiger partial charge in [0.15, 0.2) is 0 Å². The molecule has 1 aliphatic rings. The van der Waals surface area contributed by atoms with Crippen molar-refractivity contribution in [2.24, 2.45) is 0 Å². The van der Waals surface area contributed by atoms with Crippen LogP contribution < -0.4 is 10.6 Å². The predicted molar refractivity (Wildman–Crippen MR) is 95.8 cm³/mol. The van der Waals surface area contributed by atoms with Crippen molar-refractivity contribution in [3.63, 3.8) is 0 Å². The highest BCUT2D eigenvalue weighted by Gasteiger charge is 2.31. The zero-order valence-electron chi connectivity index (χ0n) is 14.1. The molecule has 0 radical (unpaired) electrons. The van der Waals surface area contributed by atoms with E-state index in [0.29, 0.717) is 11.5 Å². The van der Waals surface area contributed by atoms with Crippen LogP contribution in [0.5, 0.6) is 0 Å². The van der Waals surface area contributed by atoms with Gasteiger partial charge in [-0.15, -0.1) is 12.4 Å². The highest BCUT2D eigenvalue weighted by atomic mass is 35.5. The quantitative estimate of drug-likeness (QED) is 0.834. The van der Waals surface area contributed by atoms with E-state index in [1.54, 1.807) is 6.07 Å². The van der Waals surface area contributed by atoms with Crippen molar-refractivity contribution < 1.29 is 18.0 Å². The van der Waals surface area contributed by atoms with Gasteiger partial charge in [0.2, 0.25) is 0 Å². The maximum absolute atomic E-state index is 12.7. The number of hydrogen-bond acceptors (Lipinski definition) is 3. The van der Waals surface area contributed by atoms with Crippen LogP contribution in [0.4, 0.5) is 18.9 Å². The first kappa shape index (κ1) is 20.2. The van der Waals surface area contributed by atoms with Gasteiger partial charge in [0.05, 0.1) is 17.4 Å². The average molecular weight is 386 g/mol. The summed E-state index contributed by atoms with van der Waals surface area (Å²) in [7, 11) is 0. The Balaban J connectivity index is 0.00000243. The van der Waals surface area contributed by atoms with Crippen LogP contribution in [0.15, 0.2) is 36.7 Å². The van der Waals surface area contributed by atoms with Crippen molar-refractivity contribution in [2.45, 2.75) is 25.4 Å². The van der Waals surface area contributed by atoms with Crippen LogP contribution in [0.2, 0.25) is 0 Å². The summed E-state index contributed by atoms with van der Waals surface area (Å²) >= 11 is 0. The molecule has 1 aliphatic heterocycles. The number of carbonyl (C=O) groups excluding carboxylic acids is 1. The van der Waals surface area contributed by atoms with Gasteiger partial charge in [-0.25, -0.2) is 0 Å². The van der Waals surface area contributed by atoms with E-state index in [4.69, 9.17) is 0 Å². The largest absolute Gasteiger partial charge is 0.417 e. The molecule has 1 amide bonds. The van der Waals surface area contributed by atoms with Gasteiger partial charge in [0.25, 0.3) is 5.91 Å². The molecule has 0 spiro atoms. The van der Waals surface area contributed by atoms with E-state index in [9.17, 15) is 18.0 Å². The molecule has 1 saturated heterocycles. The second-order valence-corrected chi connectivity index (χ2v) is 6.18. The summed E-state index contributed by atoms with van der Waals surface area (Å²) in [5, 5.41) is 5.78. The zero-order chi connectivity index (χ0) is 18.0. The van der Waals surface area contributed by atoms with Crippen LogP contribution >= 0.6 is 12.4 Å². The molecule has 1 aromatic heterocycles. The van der Waals surface area contributed by atoms with Gasteiger partial charge in [-0.1, -0.05) is 6.07 Å². The molecule has 4 nitrogen and oxygen atoms in total. The first-order chi connectivity index (χ1) is 11.8. The first-order valence-corrected chi connectivity index (χ1v) is 7.99. The van der Waals surface area contributed by atoms with E-state index >= 15 is 0 Å².